The number of aromatic nitrogens is 2. The van der Waals surface area contributed by atoms with Gasteiger partial charge in [0.15, 0.2) is 0 Å². The Morgan fingerprint density at radius 3 is 2.64 bits per heavy atom. The number of nitro groups is 1. The van der Waals surface area contributed by atoms with Gasteiger partial charge in [0.05, 0.1) is 10.4 Å². The van der Waals surface area contributed by atoms with E-state index in [1.807, 2.05) is 18.2 Å². The van der Waals surface area contributed by atoms with Gasteiger partial charge in [-0.2, -0.15) is 4.98 Å². The maximum Gasteiger partial charge on any atom is 0.289 e. The van der Waals surface area contributed by atoms with Gasteiger partial charge in [-0.05, 0) is 35.9 Å². The number of anilines is 2. The minimum absolute atomic E-state index is 0.0705. The molecule has 0 saturated carbocycles. The van der Waals surface area contributed by atoms with E-state index in [1.54, 1.807) is 12.1 Å². The minimum Gasteiger partial charge on any atom is -0.339 e. The normalized spacial score (nSPS) is 10.6. The van der Waals surface area contributed by atoms with Gasteiger partial charge in [-0.25, -0.2) is 4.98 Å². The maximum absolute atomic E-state index is 10.9. The fraction of sp³-hybridized carbons (Fsp3) is 0. The molecule has 1 aromatic heterocycles. The lowest BCUT2D eigenvalue weighted by Gasteiger charge is -2.09. The minimum atomic E-state index is -0.543. The lowest BCUT2D eigenvalue weighted by atomic mass is 10.2. The Labute approximate surface area is 134 Å². The molecule has 3 rings (SSSR count). The summed E-state index contributed by atoms with van der Waals surface area (Å²) in [7, 11) is 0. The highest BCUT2D eigenvalue weighted by Gasteiger charge is 2.14. The Morgan fingerprint density at radius 1 is 1.09 bits per heavy atom. The van der Waals surface area contributed by atoms with E-state index >= 15 is 0 Å². The molecule has 0 bridgehead atoms. The van der Waals surface area contributed by atoms with Crippen LogP contribution in [0.15, 0.2) is 42.5 Å². The van der Waals surface area contributed by atoms with Gasteiger partial charge in [0.25, 0.3) is 5.69 Å². The van der Waals surface area contributed by atoms with Gasteiger partial charge in [0.2, 0.25) is 5.28 Å². The van der Waals surface area contributed by atoms with Crippen molar-refractivity contribution in [1.29, 1.82) is 0 Å². The molecule has 6 nitrogen and oxygen atoms in total. The van der Waals surface area contributed by atoms with Crippen LogP contribution in [0.25, 0.3) is 10.9 Å². The van der Waals surface area contributed by atoms with E-state index in [9.17, 15) is 10.1 Å². The summed E-state index contributed by atoms with van der Waals surface area (Å²) >= 11 is 11.7. The van der Waals surface area contributed by atoms with E-state index < -0.39 is 4.92 Å². The fourth-order valence-corrected chi connectivity index (χ4v) is 2.37. The largest absolute Gasteiger partial charge is 0.339 e. The van der Waals surface area contributed by atoms with Crippen LogP contribution < -0.4 is 5.32 Å². The Hall–Kier alpha value is -2.44. The molecule has 0 aliphatic rings. The molecule has 0 radical (unpaired) electrons. The number of fused-ring (bicyclic) bond motifs is 1. The van der Waals surface area contributed by atoms with Gasteiger partial charge < -0.3 is 5.32 Å². The number of hydrogen-bond acceptors (Lipinski definition) is 5. The number of halogens is 2. The molecule has 1 N–H and O–H groups in total. The summed E-state index contributed by atoms with van der Waals surface area (Å²) in [6, 6.07) is 11.7. The number of rotatable bonds is 3. The van der Waals surface area contributed by atoms with Crippen LogP contribution in [0.1, 0.15) is 0 Å². The van der Waals surface area contributed by atoms with Crippen LogP contribution in [0.4, 0.5) is 17.2 Å². The molecule has 0 fully saturated rings. The molecule has 0 saturated heterocycles. The number of hydrogen-bond donors (Lipinski definition) is 1. The molecule has 0 atom stereocenters. The monoisotopic (exact) mass is 334 g/mol. The lowest BCUT2D eigenvalue weighted by Crippen LogP contribution is -1.98. The predicted octanol–water partition coefficient (Wildman–Crippen LogP) is 4.59. The molecule has 0 spiro atoms. The average molecular weight is 335 g/mol. The van der Waals surface area contributed by atoms with Crippen molar-refractivity contribution in [2.75, 3.05) is 5.32 Å². The summed E-state index contributed by atoms with van der Waals surface area (Å²) in [5, 5.41) is 14.9. The van der Waals surface area contributed by atoms with Crippen LogP contribution in [-0.4, -0.2) is 14.9 Å². The average Bonchev–Trinajstić information content (AvgIpc) is 2.48. The molecule has 8 heteroatoms. The Bertz CT molecular complexity index is 886. The van der Waals surface area contributed by atoms with Crippen molar-refractivity contribution in [3.63, 3.8) is 0 Å². The van der Waals surface area contributed by atoms with Crippen molar-refractivity contribution >= 4 is 51.3 Å². The van der Waals surface area contributed by atoms with Crippen LogP contribution in [0.5, 0.6) is 0 Å². The third-order valence-corrected chi connectivity index (χ3v) is 3.47. The second-order valence-electron chi connectivity index (χ2n) is 4.41. The van der Waals surface area contributed by atoms with Crippen LogP contribution in [-0.2, 0) is 0 Å². The molecule has 1 heterocycles. The lowest BCUT2D eigenvalue weighted by molar-refractivity contribution is -0.384. The van der Waals surface area contributed by atoms with E-state index in [1.165, 1.54) is 12.1 Å². The second-order valence-corrected chi connectivity index (χ2v) is 5.15. The summed E-state index contributed by atoms with van der Waals surface area (Å²) in [6.45, 7) is 0. The van der Waals surface area contributed by atoms with E-state index in [2.05, 4.69) is 15.3 Å². The summed E-state index contributed by atoms with van der Waals surface area (Å²) < 4.78 is 0. The summed E-state index contributed by atoms with van der Waals surface area (Å²) in [6.07, 6.45) is 0. The molecular formula is C14H8Cl2N4O2. The van der Waals surface area contributed by atoms with Crippen LogP contribution in [0, 0.1) is 10.1 Å². The van der Waals surface area contributed by atoms with Gasteiger partial charge in [-0.1, -0.05) is 23.7 Å². The Kier molecular flexibility index (Phi) is 3.79. The van der Waals surface area contributed by atoms with Crippen LogP contribution >= 0.6 is 23.2 Å². The van der Waals surface area contributed by atoms with E-state index in [0.717, 1.165) is 5.39 Å². The van der Waals surface area contributed by atoms with Crippen molar-refractivity contribution in [1.82, 2.24) is 9.97 Å². The first-order valence-corrected chi connectivity index (χ1v) is 6.93. The van der Waals surface area contributed by atoms with Gasteiger partial charge in [0, 0.05) is 17.1 Å². The smallest absolute Gasteiger partial charge is 0.289 e. The first kappa shape index (κ1) is 14.5. The summed E-state index contributed by atoms with van der Waals surface area (Å²) in [5.74, 6) is 0.465. The number of benzene rings is 2. The summed E-state index contributed by atoms with van der Waals surface area (Å²) in [4.78, 5) is 18.7. The zero-order valence-corrected chi connectivity index (χ0v) is 12.5. The highest BCUT2D eigenvalue weighted by molar-refractivity contribution is 6.32. The van der Waals surface area contributed by atoms with Crippen molar-refractivity contribution in [3.05, 3.63) is 62.9 Å². The van der Waals surface area contributed by atoms with Gasteiger partial charge in [-0.15, -0.1) is 0 Å². The second kappa shape index (κ2) is 5.75. The van der Waals surface area contributed by atoms with Crippen molar-refractivity contribution in [3.8, 4) is 0 Å². The zero-order valence-electron chi connectivity index (χ0n) is 11.0. The molecule has 0 aliphatic carbocycles. The topological polar surface area (TPSA) is 81.0 Å². The molecular weight excluding hydrogens is 327 g/mol. The first-order valence-electron chi connectivity index (χ1n) is 6.18. The Balaban J connectivity index is 2.07. The molecule has 0 amide bonds. The predicted molar refractivity (Wildman–Crippen MR) is 85.9 cm³/mol. The standard InChI is InChI=1S/C14H8Cl2N4O2/c15-10-6-5-8(7-12(10)20(21)22)17-13-9-3-1-2-4-11(9)18-14(16)19-13/h1-7H,(H,17,18,19). The van der Waals surface area contributed by atoms with Gasteiger partial charge in [-0.3, -0.25) is 10.1 Å². The van der Waals surface area contributed by atoms with E-state index in [4.69, 9.17) is 23.2 Å². The third-order valence-electron chi connectivity index (χ3n) is 2.98. The Morgan fingerprint density at radius 2 is 1.86 bits per heavy atom. The SMILES string of the molecule is O=[N+]([O-])c1cc(Nc2nc(Cl)nc3ccccc23)ccc1Cl. The van der Waals surface area contributed by atoms with Gasteiger partial charge >= 0.3 is 0 Å². The molecule has 2 aromatic carbocycles. The molecule has 0 aliphatic heterocycles. The quantitative estimate of drug-likeness (QED) is 0.430. The highest BCUT2D eigenvalue weighted by Crippen LogP contribution is 2.30. The molecule has 22 heavy (non-hydrogen) atoms. The van der Waals surface area contributed by atoms with Crippen molar-refractivity contribution in [2.45, 2.75) is 0 Å². The maximum atomic E-state index is 10.9. The van der Waals surface area contributed by atoms with Crippen LogP contribution in [0.3, 0.4) is 0 Å². The number of nitrogens with one attached hydrogen (secondary N) is 1. The van der Waals surface area contributed by atoms with E-state index in [0.29, 0.717) is 17.0 Å². The number of nitro benzene ring substituents is 1. The van der Waals surface area contributed by atoms with Gasteiger partial charge in [0.1, 0.15) is 10.8 Å². The third kappa shape index (κ3) is 2.79. The summed E-state index contributed by atoms with van der Waals surface area (Å²) in [5.41, 5.74) is 0.973. The van der Waals surface area contributed by atoms with E-state index in [-0.39, 0.29) is 16.0 Å². The zero-order chi connectivity index (χ0) is 15.7. The highest BCUT2D eigenvalue weighted by atomic mass is 35.5. The fourth-order valence-electron chi connectivity index (χ4n) is 2.01. The van der Waals surface area contributed by atoms with Crippen LogP contribution in [0.2, 0.25) is 10.3 Å². The molecule has 110 valence electrons. The number of nitrogens with zero attached hydrogens (tertiary/aromatic N) is 3. The number of para-hydroxylation sites is 1. The van der Waals surface area contributed by atoms with Crippen molar-refractivity contribution < 1.29 is 4.92 Å². The molecule has 0 unspecified atom stereocenters. The van der Waals surface area contributed by atoms with Crippen molar-refractivity contribution in [2.24, 2.45) is 0 Å². The molecule has 3 aromatic rings. The first-order chi connectivity index (χ1) is 10.5.